The van der Waals surface area contributed by atoms with Crippen LogP contribution in [0.5, 0.6) is 0 Å². The summed E-state index contributed by atoms with van der Waals surface area (Å²) in [6, 6.07) is -2.18. The lowest BCUT2D eigenvalue weighted by Gasteiger charge is -2.00. The number of hydrogen-bond donors (Lipinski definition) is 1. The van der Waals surface area contributed by atoms with Crippen LogP contribution in [-0.2, 0) is 4.79 Å². The van der Waals surface area contributed by atoms with Gasteiger partial charge in [0.05, 0.1) is 0 Å². The molecule has 0 aliphatic rings. The SMILES string of the molecule is [2H]C([2H])(CC)C(C(=O)O)[N+](=O)[O-]. The zero-order valence-corrected chi connectivity index (χ0v) is 5.40. The predicted octanol–water partition coefficient (Wildman–Crippen LogP) is 0.516. The van der Waals surface area contributed by atoms with Gasteiger partial charge in [-0.05, 0) is 6.42 Å². The summed E-state index contributed by atoms with van der Waals surface area (Å²) in [5.74, 6) is -1.74. The highest BCUT2D eigenvalue weighted by Gasteiger charge is 2.27. The van der Waals surface area contributed by atoms with Gasteiger partial charge in [-0.1, -0.05) is 6.92 Å². The van der Waals surface area contributed by atoms with Gasteiger partial charge in [0.25, 0.3) is 0 Å². The minimum Gasteiger partial charge on any atom is -0.476 e. The van der Waals surface area contributed by atoms with Crippen LogP contribution in [-0.4, -0.2) is 22.0 Å². The summed E-state index contributed by atoms with van der Waals surface area (Å²) in [4.78, 5) is 19.3. The van der Waals surface area contributed by atoms with E-state index in [0.717, 1.165) is 0 Å². The highest BCUT2D eigenvalue weighted by atomic mass is 16.6. The monoisotopic (exact) mass is 149 g/mol. The zero-order chi connectivity index (χ0) is 9.94. The van der Waals surface area contributed by atoms with Crippen LogP contribution < -0.4 is 0 Å². The van der Waals surface area contributed by atoms with Gasteiger partial charge < -0.3 is 5.11 Å². The second-order valence-electron chi connectivity index (χ2n) is 1.58. The lowest BCUT2D eigenvalue weighted by molar-refractivity contribution is -0.511. The van der Waals surface area contributed by atoms with Gasteiger partial charge in [0, 0.05) is 14.0 Å². The van der Waals surface area contributed by atoms with E-state index in [1.807, 2.05) is 0 Å². The van der Waals surface area contributed by atoms with Crippen molar-refractivity contribution in [2.45, 2.75) is 25.8 Å². The highest BCUT2D eigenvalue weighted by Crippen LogP contribution is 1.99. The van der Waals surface area contributed by atoms with Crippen LogP contribution in [0.4, 0.5) is 0 Å². The smallest absolute Gasteiger partial charge is 0.379 e. The molecule has 0 bridgehead atoms. The molecule has 0 rings (SSSR count). The first kappa shape index (κ1) is 5.64. The van der Waals surface area contributed by atoms with Gasteiger partial charge in [-0.2, -0.15) is 0 Å². The number of aliphatic carboxylic acids is 1. The lowest BCUT2D eigenvalue weighted by Crippen LogP contribution is -2.28. The van der Waals surface area contributed by atoms with Crippen molar-refractivity contribution in [1.82, 2.24) is 0 Å². The average Bonchev–Trinajstić information content (AvgIpc) is 1.84. The minimum atomic E-state index is -2.30. The Morgan fingerprint density at radius 2 is 2.50 bits per heavy atom. The van der Waals surface area contributed by atoms with E-state index in [-0.39, 0.29) is 6.42 Å². The molecule has 1 unspecified atom stereocenters. The van der Waals surface area contributed by atoms with Crippen molar-refractivity contribution in [2.75, 3.05) is 0 Å². The molecule has 0 aliphatic carbocycles. The number of hydrogen-bond acceptors (Lipinski definition) is 3. The summed E-state index contributed by atoms with van der Waals surface area (Å²) in [5.41, 5.74) is 0. The average molecular weight is 149 g/mol. The fourth-order valence-corrected chi connectivity index (χ4v) is 0.445. The van der Waals surface area contributed by atoms with E-state index in [1.165, 1.54) is 6.92 Å². The van der Waals surface area contributed by atoms with Gasteiger partial charge in [-0.15, -0.1) is 0 Å². The van der Waals surface area contributed by atoms with E-state index in [4.69, 9.17) is 7.85 Å². The van der Waals surface area contributed by atoms with Gasteiger partial charge in [0.15, 0.2) is 0 Å². The van der Waals surface area contributed by atoms with Crippen LogP contribution >= 0.6 is 0 Å². The molecule has 5 nitrogen and oxygen atoms in total. The van der Waals surface area contributed by atoms with Crippen molar-refractivity contribution in [3.8, 4) is 0 Å². The third kappa shape index (κ3) is 2.43. The summed E-state index contributed by atoms with van der Waals surface area (Å²) in [7, 11) is 0. The number of carbonyl (C=O) groups is 1. The molecule has 1 N–H and O–H groups in total. The maximum Gasteiger partial charge on any atom is 0.379 e. The predicted molar refractivity (Wildman–Crippen MR) is 33.3 cm³/mol. The molecule has 0 saturated carbocycles. The fourth-order valence-electron chi connectivity index (χ4n) is 0.445. The molecule has 0 heterocycles. The molecule has 0 amide bonds. The lowest BCUT2D eigenvalue weighted by atomic mass is 10.2. The first-order chi connectivity index (χ1) is 5.33. The molecule has 58 valence electrons. The number of nitrogens with zero attached hydrogens (tertiary/aromatic N) is 1. The van der Waals surface area contributed by atoms with Gasteiger partial charge >= 0.3 is 12.0 Å². The standard InChI is InChI=1S/C5H9NO4/c1-2-3-4(5(7)8)6(9)10/h4H,2-3H2,1H3,(H,7,8)/i3D2. The van der Waals surface area contributed by atoms with Crippen LogP contribution in [0.1, 0.15) is 22.5 Å². The van der Waals surface area contributed by atoms with Crippen molar-refractivity contribution >= 4 is 5.97 Å². The Morgan fingerprint density at radius 3 is 2.60 bits per heavy atom. The number of carboxylic acid groups (broad SMARTS) is 1. The minimum absolute atomic E-state index is 0.203. The Morgan fingerprint density at radius 1 is 2.00 bits per heavy atom. The largest absolute Gasteiger partial charge is 0.476 e. The van der Waals surface area contributed by atoms with Crippen molar-refractivity contribution < 1.29 is 17.6 Å². The van der Waals surface area contributed by atoms with Gasteiger partial charge in [0.1, 0.15) is 0 Å². The van der Waals surface area contributed by atoms with E-state index in [9.17, 15) is 14.9 Å². The molecule has 0 saturated heterocycles. The molecule has 0 aromatic carbocycles. The fraction of sp³-hybridized carbons (Fsp3) is 0.800. The van der Waals surface area contributed by atoms with E-state index < -0.39 is 23.3 Å². The molecule has 5 heteroatoms. The molecule has 0 radical (unpaired) electrons. The highest BCUT2D eigenvalue weighted by molar-refractivity contribution is 5.71. The zero-order valence-electron chi connectivity index (χ0n) is 7.40. The second-order valence-corrected chi connectivity index (χ2v) is 1.58. The first-order valence-corrected chi connectivity index (χ1v) is 2.69. The van der Waals surface area contributed by atoms with Crippen molar-refractivity contribution in [3.05, 3.63) is 10.1 Å². The van der Waals surface area contributed by atoms with Crippen molar-refractivity contribution in [2.24, 2.45) is 0 Å². The van der Waals surface area contributed by atoms with Gasteiger partial charge in [-0.3, -0.25) is 10.1 Å². The van der Waals surface area contributed by atoms with E-state index in [2.05, 4.69) is 0 Å². The molecule has 0 aromatic heterocycles. The van der Waals surface area contributed by atoms with E-state index in [0.29, 0.717) is 0 Å². The Kier molecular flexibility index (Phi) is 2.15. The molecule has 10 heavy (non-hydrogen) atoms. The van der Waals surface area contributed by atoms with E-state index >= 15 is 0 Å². The normalized spacial score (nSPS) is 16.9. The maximum atomic E-state index is 10.3. The van der Waals surface area contributed by atoms with Crippen LogP contribution in [0, 0.1) is 10.1 Å². The summed E-state index contributed by atoms with van der Waals surface area (Å²) in [6.45, 7) is 1.36. The first-order valence-electron chi connectivity index (χ1n) is 3.69. The second kappa shape index (κ2) is 3.81. The molecule has 0 aliphatic heterocycles. The molecule has 0 aromatic rings. The summed E-state index contributed by atoms with van der Waals surface area (Å²) in [5, 5.41) is 18.5. The van der Waals surface area contributed by atoms with Gasteiger partial charge in [0.2, 0.25) is 0 Å². The van der Waals surface area contributed by atoms with Crippen molar-refractivity contribution in [1.29, 1.82) is 0 Å². The van der Waals surface area contributed by atoms with Crippen LogP contribution in [0.25, 0.3) is 0 Å². The Bertz CT molecular complexity index is 192. The number of rotatable bonds is 4. The van der Waals surface area contributed by atoms with Crippen molar-refractivity contribution in [3.63, 3.8) is 0 Å². The summed E-state index contributed by atoms with van der Waals surface area (Å²) >= 11 is 0. The molecule has 0 fully saturated rings. The van der Waals surface area contributed by atoms with Crippen LogP contribution in [0.15, 0.2) is 0 Å². The number of nitro groups is 1. The topological polar surface area (TPSA) is 80.4 Å². The summed E-state index contributed by atoms with van der Waals surface area (Å²) < 4.78 is 14.1. The Balaban J connectivity index is 4.74. The third-order valence-corrected chi connectivity index (χ3v) is 0.842. The van der Waals surface area contributed by atoms with E-state index in [1.54, 1.807) is 0 Å². The molecule has 1 atom stereocenters. The van der Waals surface area contributed by atoms with Crippen LogP contribution in [0.2, 0.25) is 0 Å². The molecular weight excluding hydrogens is 138 g/mol. The van der Waals surface area contributed by atoms with Crippen LogP contribution in [0.3, 0.4) is 0 Å². The quantitative estimate of drug-likeness (QED) is 0.466. The molecular formula is C5H9NO4. The maximum absolute atomic E-state index is 10.3. The third-order valence-electron chi connectivity index (χ3n) is 0.842. The van der Waals surface area contributed by atoms with Gasteiger partial charge in [-0.25, -0.2) is 4.79 Å². The molecule has 0 spiro atoms. The summed E-state index contributed by atoms with van der Waals surface area (Å²) in [6.07, 6.45) is -2.50. The number of carboxylic acids is 1. The Hall–Kier alpha value is -1.13. The Labute approximate surface area is 60.6 Å².